The molecule has 2 aromatic carbocycles. The van der Waals surface area contributed by atoms with Gasteiger partial charge >= 0.3 is 0 Å². The third-order valence-electron chi connectivity index (χ3n) is 4.55. The van der Waals surface area contributed by atoms with Crippen LogP contribution >= 0.6 is 27.3 Å². The van der Waals surface area contributed by atoms with Crippen LogP contribution in [0.4, 0.5) is 5.13 Å². The van der Waals surface area contributed by atoms with Gasteiger partial charge < -0.3 is 20.1 Å². The first-order valence-electron chi connectivity index (χ1n) is 10.1. The van der Waals surface area contributed by atoms with E-state index in [0.717, 1.165) is 33.0 Å². The number of carbonyl (C=O) groups is 1. The van der Waals surface area contributed by atoms with Crippen LogP contribution in [-0.2, 0) is 13.2 Å². The number of benzene rings is 2. The molecule has 0 spiro atoms. The molecule has 6 nitrogen and oxygen atoms in total. The second kappa shape index (κ2) is 11.3. The molecule has 1 heterocycles. The predicted molar refractivity (Wildman–Crippen MR) is 128 cm³/mol. The van der Waals surface area contributed by atoms with Gasteiger partial charge in [0.1, 0.15) is 17.2 Å². The van der Waals surface area contributed by atoms with Crippen molar-refractivity contribution in [3.05, 3.63) is 75.2 Å². The van der Waals surface area contributed by atoms with Crippen molar-refractivity contribution >= 4 is 38.3 Å². The van der Waals surface area contributed by atoms with E-state index < -0.39 is 6.10 Å². The number of amides is 1. The number of anilines is 1. The van der Waals surface area contributed by atoms with Gasteiger partial charge in [-0.3, -0.25) is 4.79 Å². The molecule has 1 aromatic heterocycles. The number of rotatable bonds is 10. The largest absolute Gasteiger partial charge is 0.489 e. The molecule has 0 radical (unpaired) electrons. The van der Waals surface area contributed by atoms with Gasteiger partial charge in [0.15, 0.2) is 5.13 Å². The van der Waals surface area contributed by atoms with Gasteiger partial charge in [-0.05, 0) is 37.6 Å². The number of nitrogens with one attached hydrogen (secondary N) is 1. The van der Waals surface area contributed by atoms with E-state index in [2.05, 4.69) is 38.1 Å². The summed E-state index contributed by atoms with van der Waals surface area (Å²) >= 11 is 4.89. The summed E-state index contributed by atoms with van der Waals surface area (Å²) in [5.41, 5.74) is 2.14. The normalized spacial score (nSPS) is 11.7. The Morgan fingerprint density at radius 1 is 1.29 bits per heavy atom. The molecule has 8 heteroatoms. The quantitative estimate of drug-likeness (QED) is 0.422. The zero-order valence-electron chi connectivity index (χ0n) is 17.5. The van der Waals surface area contributed by atoms with E-state index in [1.54, 1.807) is 13.1 Å². The van der Waals surface area contributed by atoms with Gasteiger partial charge in [-0.25, -0.2) is 4.98 Å². The lowest BCUT2D eigenvalue weighted by molar-refractivity contribution is 0.0928. The van der Waals surface area contributed by atoms with Gasteiger partial charge in [-0.2, -0.15) is 0 Å². The van der Waals surface area contributed by atoms with Crippen LogP contribution in [0.25, 0.3) is 0 Å². The second-order valence-electron chi connectivity index (χ2n) is 7.11. The molecule has 0 aliphatic carbocycles. The SMILES string of the molecule is CCN(Cc1cc(Br)ccc1OCc1ccccc1)c1ncc(C(=O)NCC(C)O)s1. The van der Waals surface area contributed by atoms with E-state index in [9.17, 15) is 9.90 Å². The number of thiazole rings is 1. The lowest BCUT2D eigenvalue weighted by atomic mass is 10.2. The number of ether oxygens (including phenoxy) is 1. The summed E-state index contributed by atoms with van der Waals surface area (Å²) in [4.78, 5) is 19.3. The molecule has 1 atom stereocenters. The van der Waals surface area contributed by atoms with Crippen LogP contribution in [-0.4, -0.2) is 35.2 Å². The fourth-order valence-electron chi connectivity index (χ4n) is 2.91. The highest BCUT2D eigenvalue weighted by Gasteiger charge is 2.17. The molecule has 1 amide bonds. The van der Waals surface area contributed by atoms with E-state index in [4.69, 9.17) is 4.74 Å². The summed E-state index contributed by atoms with van der Waals surface area (Å²) in [6, 6.07) is 16.0. The Hall–Kier alpha value is -2.42. The van der Waals surface area contributed by atoms with Crippen LogP contribution in [0.5, 0.6) is 5.75 Å². The minimum atomic E-state index is -0.589. The third kappa shape index (κ3) is 6.78. The molecule has 2 N–H and O–H groups in total. The zero-order chi connectivity index (χ0) is 22.2. The maximum atomic E-state index is 12.3. The highest BCUT2D eigenvalue weighted by atomic mass is 79.9. The van der Waals surface area contributed by atoms with Crippen molar-refractivity contribution in [1.29, 1.82) is 0 Å². The summed E-state index contributed by atoms with van der Waals surface area (Å²) in [6.45, 7) is 5.72. The number of aromatic nitrogens is 1. The Kier molecular flexibility index (Phi) is 8.45. The molecule has 31 heavy (non-hydrogen) atoms. The van der Waals surface area contributed by atoms with Crippen LogP contribution in [0.3, 0.4) is 0 Å². The summed E-state index contributed by atoms with van der Waals surface area (Å²) < 4.78 is 7.08. The number of hydrogen-bond donors (Lipinski definition) is 2. The summed E-state index contributed by atoms with van der Waals surface area (Å²) in [5, 5.41) is 12.8. The van der Waals surface area contributed by atoms with Crippen LogP contribution in [0.2, 0.25) is 0 Å². The number of nitrogens with zero attached hydrogens (tertiary/aromatic N) is 2. The van der Waals surface area contributed by atoms with Gasteiger partial charge in [0.2, 0.25) is 0 Å². The Balaban J connectivity index is 1.72. The number of carbonyl (C=O) groups excluding carboxylic acids is 1. The standard InChI is InChI=1S/C23H26BrN3O3S/c1-3-27(23-26-13-21(31-23)22(29)25-12-16(2)28)14-18-11-19(24)9-10-20(18)30-15-17-7-5-4-6-8-17/h4-11,13,16,28H,3,12,14-15H2,1-2H3,(H,25,29). The number of hydrogen-bond acceptors (Lipinski definition) is 6. The molecule has 164 valence electrons. The van der Waals surface area contributed by atoms with Crippen LogP contribution in [0.15, 0.2) is 59.2 Å². The molecule has 0 aliphatic rings. The summed E-state index contributed by atoms with van der Waals surface area (Å²) in [7, 11) is 0. The molecule has 0 saturated carbocycles. The molecule has 0 saturated heterocycles. The van der Waals surface area contributed by atoms with Crippen molar-refractivity contribution in [2.24, 2.45) is 0 Å². The molecular weight excluding hydrogens is 478 g/mol. The van der Waals surface area contributed by atoms with Gasteiger partial charge in [0.05, 0.1) is 12.3 Å². The van der Waals surface area contributed by atoms with Crippen molar-refractivity contribution in [1.82, 2.24) is 10.3 Å². The second-order valence-corrected chi connectivity index (χ2v) is 9.03. The molecule has 1 unspecified atom stereocenters. The molecule has 3 aromatic rings. The Morgan fingerprint density at radius 3 is 2.77 bits per heavy atom. The Labute approximate surface area is 195 Å². The number of aliphatic hydroxyl groups is 1. The topological polar surface area (TPSA) is 74.7 Å². The smallest absolute Gasteiger partial charge is 0.263 e. The molecule has 0 bridgehead atoms. The number of aliphatic hydroxyl groups excluding tert-OH is 1. The van der Waals surface area contributed by atoms with Gasteiger partial charge in [-0.1, -0.05) is 57.6 Å². The molecular formula is C23H26BrN3O3S. The summed E-state index contributed by atoms with van der Waals surface area (Å²) in [6.07, 6.45) is 0.989. The van der Waals surface area contributed by atoms with Crippen molar-refractivity contribution < 1.29 is 14.6 Å². The average Bonchev–Trinajstić information content (AvgIpc) is 3.26. The minimum absolute atomic E-state index is 0.212. The van der Waals surface area contributed by atoms with E-state index in [-0.39, 0.29) is 12.5 Å². The first-order chi connectivity index (χ1) is 15.0. The van der Waals surface area contributed by atoms with Crippen LogP contribution in [0, 0.1) is 0 Å². The van der Waals surface area contributed by atoms with E-state index in [1.807, 2.05) is 48.5 Å². The Bertz CT molecular complexity index is 995. The zero-order valence-corrected chi connectivity index (χ0v) is 19.9. The summed E-state index contributed by atoms with van der Waals surface area (Å²) in [5.74, 6) is 0.590. The van der Waals surface area contributed by atoms with Crippen molar-refractivity contribution in [3.63, 3.8) is 0 Å². The average molecular weight is 504 g/mol. The fourth-order valence-corrected chi connectivity index (χ4v) is 4.22. The number of halogens is 1. The van der Waals surface area contributed by atoms with Gasteiger partial charge in [-0.15, -0.1) is 0 Å². The third-order valence-corrected chi connectivity index (χ3v) is 6.10. The first kappa shape index (κ1) is 23.2. The Morgan fingerprint density at radius 2 is 2.06 bits per heavy atom. The van der Waals surface area contributed by atoms with Crippen LogP contribution in [0.1, 0.15) is 34.6 Å². The molecule has 0 fully saturated rings. The highest BCUT2D eigenvalue weighted by molar-refractivity contribution is 9.10. The predicted octanol–water partition coefficient (Wildman–Crippen LogP) is 4.62. The van der Waals surface area contributed by atoms with Gasteiger partial charge in [0.25, 0.3) is 5.91 Å². The lowest BCUT2D eigenvalue weighted by Crippen LogP contribution is -2.29. The van der Waals surface area contributed by atoms with E-state index in [1.165, 1.54) is 11.3 Å². The maximum Gasteiger partial charge on any atom is 0.263 e. The maximum absolute atomic E-state index is 12.3. The molecule has 0 aliphatic heterocycles. The van der Waals surface area contributed by atoms with Crippen molar-refractivity contribution in [2.75, 3.05) is 18.0 Å². The van der Waals surface area contributed by atoms with Crippen molar-refractivity contribution in [3.8, 4) is 5.75 Å². The van der Waals surface area contributed by atoms with Gasteiger partial charge in [0, 0.05) is 29.7 Å². The fraction of sp³-hybridized carbons (Fsp3) is 0.304. The van der Waals surface area contributed by atoms with E-state index in [0.29, 0.717) is 18.0 Å². The van der Waals surface area contributed by atoms with Crippen LogP contribution < -0.4 is 15.0 Å². The lowest BCUT2D eigenvalue weighted by Gasteiger charge is -2.22. The minimum Gasteiger partial charge on any atom is -0.489 e. The highest BCUT2D eigenvalue weighted by Crippen LogP contribution is 2.29. The molecule has 3 rings (SSSR count). The first-order valence-corrected chi connectivity index (χ1v) is 11.7. The van der Waals surface area contributed by atoms with Crippen molar-refractivity contribution in [2.45, 2.75) is 33.1 Å². The monoisotopic (exact) mass is 503 g/mol. The van der Waals surface area contributed by atoms with E-state index >= 15 is 0 Å².